The highest BCUT2D eigenvalue weighted by Crippen LogP contribution is 2.26. The fourth-order valence-electron chi connectivity index (χ4n) is 2.32. The summed E-state index contributed by atoms with van der Waals surface area (Å²) in [5, 5.41) is 20.2. The summed E-state index contributed by atoms with van der Waals surface area (Å²) in [4.78, 5) is 18.7. The van der Waals surface area contributed by atoms with Gasteiger partial charge in [-0.2, -0.15) is 5.26 Å². The molecule has 106 valence electrons. The molecular formula is C13H17N5O2. The maximum Gasteiger partial charge on any atom is 0.311 e. The van der Waals surface area contributed by atoms with Crippen LogP contribution in [0.2, 0.25) is 0 Å². The summed E-state index contributed by atoms with van der Waals surface area (Å²) in [6, 6.07) is 5.31. The highest BCUT2D eigenvalue weighted by atomic mass is 16.6. The Morgan fingerprint density at radius 1 is 1.40 bits per heavy atom. The van der Waals surface area contributed by atoms with Crippen LogP contribution >= 0.6 is 0 Å². The molecule has 7 nitrogen and oxygen atoms in total. The van der Waals surface area contributed by atoms with Gasteiger partial charge in [0, 0.05) is 38.4 Å². The van der Waals surface area contributed by atoms with Gasteiger partial charge in [0.25, 0.3) is 0 Å². The van der Waals surface area contributed by atoms with Crippen molar-refractivity contribution in [1.29, 1.82) is 5.26 Å². The zero-order valence-corrected chi connectivity index (χ0v) is 11.6. The Kier molecular flexibility index (Phi) is 3.86. The fourth-order valence-corrected chi connectivity index (χ4v) is 2.32. The number of piperazine rings is 1. The molecule has 2 heterocycles. The van der Waals surface area contributed by atoms with Gasteiger partial charge in [-0.05, 0) is 19.9 Å². The van der Waals surface area contributed by atoms with Gasteiger partial charge in [-0.1, -0.05) is 0 Å². The molecular weight excluding hydrogens is 258 g/mol. The molecule has 1 saturated heterocycles. The van der Waals surface area contributed by atoms with E-state index in [9.17, 15) is 10.1 Å². The summed E-state index contributed by atoms with van der Waals surface area (Å²) < 4.78 is 0. The van der Waals surface area contributed by atoms with Crippen LogP contribution in [0.4, 0.5) is 11.5 Å². The highest BCUT2D eigenvalue weighted by Gasteiger charge is 2.31. The average Bonchev–Trinajstić information content (AvgIpc) is 2.47. The van der Waals surface area contributed by atoms with Crippen molar-refractivity contribution in [3.8, 4) is 6.07 Å². The quantitative estimate of drug-likeness (QED) is 0.612. The van der Waals surface area contributed by atoms with Gasteiger partial charge in [-0.3, -0.25) is 15.0 Å². The van der Waals surface area contributed by atoms with E-state index < -0.39 is 10.5 Å². The molecule has 0 bridgehead atoms. The first kappa shape index (κ1) is 14.2. The van der Waals surface area contributed by atoms with Crippen molar-refractivity contribution < 1.29 is 4.92 Å². The van der Waals surface area contributed by atoms with Gasteiger partial charge in [-0.25, -0.2) is 4.98 Å². The van der Waals surface area contributed by atoms with E-state index in [0.29, 0.717) is 32.0 Å². The van der Waals surface area contributed by atoms with Gasteiger partial charge in [0.15, 0.2) is 0 Å². The van der Waals surface area contributed by atoms with Crippen molar-refractivity contribution in [1.82, 2.24) is 9.88 Å². The lowest BCUT2D eigenvalue weighted by Crippen LogP contribution is -2.54. The van der Waals surface area contributed by atoms with Gasteiger partial charge in [0.2, 0.25) is 5.82 Å². The van der Waals surface area contributed by atoms with Crippen molar-refractivity contribution >= 4 is 11.5 Å². The maximum absolute atomic E-state index is 11.0. The zero-order valence-electron chi connectivity index (χ0n) is 11.6. The Morgan fingerprint density at radius 3 is 2.60 bits per heavy atom. The fraction of sp³-hybridized carbons (Fsp3) is 0.538. The van der Waals surface area contributed by atoms with Gasteiger partial charge < -0.3 is 4.90 Å². The summed E-state index contributed by atoms with van der Waals surface area (Å²) in [5.74, 6) is 0.409. The van der Waals surface area contributed by atoms with Crippen LogP contribution in [-0.4, -0.2) is 46.5 Å². The summed E-state index contributed by atoms with van der Waals surface area (Å²) in [6.45, 7) is 6.40. The summed E-state index contributed by atoms with van der Waals surface area (Å²) in [7, 11) is 0. The van der Waals surface area contributed by atoms with Crippen molar-refractivity contribution in [2.45, 2.75) is 19.4 Å². The topological polar surface area (TPSA) is 86.3 Å². The Labute approximate surface area is 117 Å². The van der Waals surface area contributed by atoms with E-state index in [1.54, 1.807) is 12.3 Å². The summed E-state index contributed by atoms with van der Waals surface area (Å²) >= 11 is 0. The third kappa shape index (κ3) is 2.70. The molecule has 0 atom stereocenters. The number of nitriles is 1. The van der Waals surface area contributed by atoms with Crippen LogP contribution in [0, 0.1) is 21.4 Å². The first-order chi connectivity index (χ1) is 9.45. The van der Waals surface area contributed by atoms with E-state index in [0.717, 1.165) is 0 Å². The second kappa shape index (κ2) is 5.43. The lowest BCUT2D eigenvalue weighted by Gasteiger charge is -2.40. The van der Waals surface area contributed by atoms with E-state index in [2.05, 4.69) is 16.0 Å². The molecule has 1 aliphatic heterocycles. The molecule has 0 spiro atoms. The monoisotopic (exact) mass is 275 g/mol. The molecule has 20 heavy (non-hydrogen) atoms. The smallest absolute Gasteiger partial charge is 0.311 e. The molecule has 1 aromatic heterocycles. The molecule has 1 aromatic rings. The Hall–Kier alpha value is -2.20. The number of hydrogen-bond donors (Lipinski definition) is 0. The third-order valence-corrected chi connectivity index (χ3v) is 3.61. The van der Waals surface area contributed by atoms with Crippen LogP contribution < -0.4 is 4.90 Å². The van der Waals surface area contributed by atoms with Crippen molar-refractivity contribution in [2.75, 3.05) is 31.1 Å². The Morgan fingerprint density at radius 2 is 2.05 bits per heavy atom. The standard InChI is InChI=1S/C13H17N5O2/c1-13(2,10-14)17-8-6-16(7-9-17)12-11(18(19)20)4-3-5-15-12/h3-5H,6-9H2,1-2H3. The minimum Gasteiger partial charge on any atom is -0.348 e. The summed E-state index contributed by atoms with van der Waals surface area (Å²) in [5.41, 5.74) is -0.484. The molecule has 0 amide bonds. The summed E-state index contributed by atoms with van der Waals surface area (Å²) in [6.07, 6.45) is 1.56. The normalized spacial score (nSPS) is 16.8. The number of nitro groups is 1. The predicted molar refractivity (Wildman–Crippen MR) is 74.4 cm³/mol. The van der Waals surface area contributed by atoms with Gasteiger partial charge in [0.1, 0.15) is 5.54 Å². The first-order valence-electron chi connectivity index (χ1n) is 6.46. The zero-order chi connectivity index (χ0) is 14.8. The third-order valence-electron chi connectivity index (χ3n) is 3.61. The molecule has 1 fully saturated rings. The second-order valence-electron chi connectivity index (χ2n) is 5.25. The molecule has 2 rings (SSSR count). The minimum absolute atomic E-state index is 0.0282. The lowest BCUT2D eigenvalue weighted by molar-refractivity contribution is -0.384. The van der Waals surface area contributed by atoms with Crippen LogP contribution in [0.15, 0.2) is 18.3 Å². The number of hydrogen-bond acceptors (Lipinski definition) is 6. The van der Waals surface area contributed by atoms with Crippen LogP contribution in [0.1, 0.15) is 13.8 Å². The number of rotatable bonds is 3. The van der Waals surface area contributed by atoms with Crippen LogP contribution in [0.3, 0.4) is 0 Å². The SMILES string of the molecule is CC(C)(C#N)N1CCN(c2ncccc2[N+](=O)[O-])CC1. The Bertz CT molecular complexity index is 544. The maximum atomic E-state index is 11.0. The van der Waals surface area contributed by atoms with Gasteiger partial charge >= 0.3 is 5.69 Å². The van der Waals surface area contributed by atoms with Crippen LogP contribution in [0.5, 0.6) is 0 Å². The van der Waals surface area contributed by atoms with E-state index >= 15 is 0 Å². The van der Waals surface area contributed by atoms with Crippen molar-refractivity contribution in [2.24, 2.45) is 0 Å². The first-order valence-corrected chi connectivity index (χ1v) is 6.46. The minimum atomic E-state index is -0.512. The number of anilines is 1. The van der Waals surface area contributed by atoms with E-state index in [1.807, 2.05) is 18.7 Å². The number of nitrogens with zero attached hydrogens (tertiary/aromatic N) is 5. The highest BCUT2D eigenvalue weighted by molar-refractivity contribution is 5.57. The largest absolute Gasteiger partial charge is 0.348 e. The Balaban J connectivity index is 2.12. The lowest BCUT2D eigenvalue weighted by atomic mass is 10.0. The van der Waals surface area contributed by atoms with Gasteiger partial charge in [-0.15, -0.1) is 0 Å². The molecule has 0 unspecified atom stereocenters. The molecule has 0 aliphatic carbocycles. The van der Waals surface area contributed by atoms with Crippen LogP contribution in [0.25, 0.3) is 0 Å². The molecule has 1 aliphatic rings. The predicted octanol–water partition coefficient (Wildman–Crippen LogP) is 1.41. The van der Waals surface area contributed by atoms with Gasteiger partial charge in [0.05, 0.1) is 11.0 Å². The number of aromatic nitrogens is 1. The molecule has 0 N–H and O–H groups in total. The van der Waals surface area contributed by atoms with Crippen LogP contribution in [-0.2, 0) is 0 Å². The van der Waals surface area contributed by atoms with E-state index in [1.165, 1.54) is 6.07 Å². The van der Waals surface area contributed by atoms with E-state index in [4.69, 9.17) is 5.26 Å². The average molecular weight is 275 g/mol. The molecule has 0 aromatic carbocycles. The number of pyridine rings is 1. The second-order valence-corrected chi connectivity index (χ2v) is 5.25. The molecule has 0 saturated carbocycles. The van der Waals surface area contributed by atoms with Crippen molar-refractivity contribution in [3.63, 3.8) is 0 Å². The molecule has 7 heteroatoms. The molecule has 0 radical (unpaired) electrons. The van der Waals surface area contributed by atoms with E-state index in [-0.39, 0.29) is 5.69 Å². The van der Waals surface area contributed by atoms with Crippen molar-refractivity contribution in [3.05, 3.63) is 28.4 Å².